The van der Waals surface area contributed by atoms with Crippen molar-refractivity contribution in [2.75, 3.05) is 0 Å². The predicted molar refractivity (Wildman–Crippen MR) is 66.9 cm³/mol. The smallest absolute Gasteiger partial charge is 0.265 e. The first-order chi connectivity index (χ1) is 6.89. The van der Waals surface area contributed by atoms with Crippen molar-refractivity contribution in [3.05, 3.63) is 34.3 Å². The Kier molecular flexibility index (Phi) is 4.71. The maximum atomic E-state index is 7.31. The van der Waals surface area contributed by atoms with Crippen LogP contribution in [0.2, 0.25) is 0 Å². The van der Waals surface area contributed by atoms with Crippen molar-refractivity contribution in [3.8, 4) is 0 Å². The molecule has 0 bridgehead atoms. The molecule has 1 rings (SSSR count). The van der Waals surface area contributed by atoms with Crippen LogP contribution in [-0.4, -0.2) is 9.69 Å². The molecule has 0 heterocycles. The fraction of sp³-hybridized carbons (Fsp3) is 0.222. The summed E-state index contributed by atoms with van der Waals surface area (Å²) in [5, 5.41) is 7.31. The van der Waals surface area contributed by atoms with Crippen molar-refractivity contribution in [1.29, 1.82) is 5.41 Å². The first-order valence-electron chi connectivity index (χ1n) is 3.92. The summed E-state index contributed by atoms with van der Waals surface area (Å²) >= 11 is 19.7. The zero-order valence-corrected chi connectivity index (χ0v) is 11.3. The van der Waals surface area contributed by atoms with Gasteiger partial charge in [-0.1, -0.05) is 62.9 Å². The van der Waals surface area contributed by atoms with Gasteiger partial charge in [-0.25, -0.2) is 0 Å². The Labute approximate surface area is 111 Å². The molecule has 6 heteroatoms. The summed E-state index contributed by atoms with van der Waals surface area (Å²) < 4.78 is 4.15. The van der Waals surface area contributed by atoms with E-state index in [1.165, 1.54) is 0 Å². The predicted octanol–water partition coefficient (Wildman–Crippen LogP) is 4.31. The van der Waals surface area contributed by atoms with Gasteiger partial charge in [-0.15, -0.1) is 0 Å². The maximum Gasteiger partial charge on any atom is 0.265 e. The molecule has 0 radical (unpaired) electrons. The van der Waals surface area contributed by atoms with Gasteiger partial charge < -0.3 is 4.74 Å². The highest BCUT2D eigenvalue weighted by Crippen LogP contribution is 2.28. The van der Waals surface area contributed by atoms with Gasteiger partial charge in [0.25, 0.3) is 3.79 Å². The Morgan fingerprint density at radius 2 is 2.07 bits per heavy atom. The molecule has 0 amide bonds. The second-order valence-electron chi connectivity index (χ2n) is 2.75. The Morgan fingerprint density at radius 3 is 2.60 bits per heavy atom. The van der Waals surface area contributed by atoms with Gasteiger partial charge in [0.15, 0.2) is 0 Å². The number of halogens is 4. The van der Waals surface area contributed by atoms with E-state index in [9.17, 15) is 0 Å². The molecule has 1 aromatic rings. The van der Waals surface area contributed by atoms with E-state index in [2.05, 4.69) is 15.9 Å². The molecular weight excluding hydrogens is 324 g/mol. The largest absolute Gasteiger partial charge is 0.473 e. The molecule has 1 N–H and O–H groups in total. The van der Waals surface area contributed by atoms with Gasteiger partial charge in [-0.3, -0.25) is 5.41 Å². The minimum absolute atomic E-state index is 0.201. The van der Waals surface area contributed by atoms with E-state index in [0.717, 1.165) is 10.0 Å². The topological polar surface area (TPSA) is 33.1 Å². The van der Waals surface area contributed by atoms with E-state index < -0.39 is 3.79 Å². The van der Waals surface area contributed by atoms with Crippen molar-refractivity contribution in [1.82, 2.24) is 0 Å². The van der Waals surface area contributed by atoms with Gasteiger partial charge >= 0.3 is 0 Å². The lowest BCUT2D eigenvalue weighted by Gasteiger charge is -2.13. The van der Waals surface area contributed by atoms with Gasteiger partial charge in [-0.2, -0.15) is 0 Å². The number of hydrogen-bond donors (Lipinski definition) is 1. The Morgan fingerprint density at radius 1 is 1.40 bits per heavy atom. The van der Waals surface area contributed by atoms with Crippen molar-refractivity contribution >= 4 is 56.6 Å². The molecule has 0 aliphatic heterocycles. The van der Waals surface area contributed by atoms with Gasteiger partial charge in [0.2, 0.25) is 5.90 Å². The number of nitrogens with one attached hydrogen (secondary N) is 1. The maximum absolute atomic E-state index is 7.31. The minimum Gasteiger partial charge on any atom is -0.473 e. The van der Waals surface area contributed by atoms with Crippen molar-refractivity contribution in [3.63, 3.8) is 0 Å². The highest BCUT2D eigenvalue weighted by atomic mass is 79.9. The number of benzene rings is 1. The molecular formula is C9H7BrCl3NO. The monoisotopic (exact) mass is 329 g/mol. The molecule has 1 aromatic carbocycles. The van der Waals surface area contributed by atoms with Crippen LogP contribution in [0.1, 0.15) is 5.56 Å². The van der Waals surface area contributed by atoms with Crippen molar-refractivity contribution in [2.24, 2.45) is 0 Å². The van der Waals surface area contributed by atoms with Crippen LogP contribution in [0, 0.1) is 5.41 Å². The standard InChI is InChI=1S/C9H7BrCl3NO/c10-7-3-1-2-6(4-7)5-15-8(14)9(11,12)13/h1-4,14H,5H2. The molecule has 15 heavy (non-hydrogen) atoms. The molecule has 2 nitrogen and oxygen atoms in total. The number of alkyl halides is 3. The van der Waals surface area contributed by atoms with Crippen LogP contribution in [0.3, 0.4) is 0 Å². The molecule has 0 aliphatic carbocycles. The normalized spacial score (nSPS) is 11.2. The van der Waals surface area contributed by atoms with Crippen LogP contribution in [0.15, 0.2) is 28.7 Å². The van der Waals surface area contributed by atoms with E-state index in [1.54, 1.807) is 0 Å². The number of rotatable bonds is 2. The van der Waals surface area contributed by atoms with Crippen molar-refractivity contribution in [2.45, 2.75) is 10.4 Å². The lowest BCUT2D eigenvalue weighted by molar-refractivity contribution is 0.284. The second-order valence-corrected chi connectivity index (χ2v) is 5.94. The molecule has 0 aliphatic rings. The van der Waals surface area contributed by atoms with Gasteiger partial charge in [-0.05, 0) is 17.7 Å². The SMILES string of the molecule is N=C(OCc1cccc(Br)c1)C(Cl)(Cl)Cl. The highest BCUT2D eigenvalue weighted by molar-refractivity contribution is 9.10. The van der Waals surface area contributed by atoms with Crippen LogP contribution in [0.5, 0.6) is 0 Å². The summed E-state index contributed by atoms with van der Waals surface area (Å²) in [6, 6.07) is 7.48. The van der Waals surface area contributed by atoms with E-state index >= 15 is 0 Å². The quantitative estimate of drug-likeness (QED) is 0.489. The first-order valence-corrected chi connectivity index (χ1v) is 5.85. The van der Waals surface area contributed by atoms with Crippen LogP contribution >= 0.6 is 50.7 Å². The van der Waals surface area contributed by atoms with Crippen LogP contribution in [0.4, 0.5) is 0 Å². The summed E-state index contributed by atoms with van der Waals surface area (Å²) in [7, 11) is 0. The zero-order chi connectivity index (χ0) is 11.5. The van der Waals surface area contributed by atoms with Gasteiger partial charge in [0.05, 0.1) is 0 Å². The Hall–Kier alpha value is 0.0400. The fourth-order valence-electron chi connectivity index (χ4n) is 0.864. The van der Waals surface area contributed by atoms with Gasteiger partial charge in [0.1, 0.15) is 6.61 Å². The summed E-state index contributed by atoms with van der Waals surface area (Å²) in [6.45, 7) is 0.201. The molecule has 0 atom stereocenters. The van der Waals surface area contributed by atoms with E-state index in [4.69, 9.17) is 44.9 Å². The van der Waals surface area contributed by atoms with E-state index in [1.807, 2.05) is 24.3 Å². The third-order valence-electron chi connectivity index (χ3n) is 1.53. The highest BCUT2D eigenvalue weighted by Gasteiger charge is 2.28. The molecule has 0 aromatic heterocycles. The summed E-state index contributed by atoms with van der Waals surface area (Å²) in [5.74, 6) is -0.382. The molecule has 82 valence electrons. The minimum atomic E-state index is -1.80. The van der Waals surface area contributed by atoms with Gasteiger partial charge in [0, 0.05) is 4.47 Å². The van der Waals surface area contributed by atoms with Crippen LogP contribution in [-0.2, 0) is 11.3 Å². The molecule has 0 saturated heterocycles. The average Bonchev–Trinajstić information content (AvgIpc) is 2.12. The third kappa shape index (κ3) is 4.60. The first kappa shape index (κ1) is 13.1. The van der Waals surface area contributed by atoms with Crippen LogP contribution < -0.4 is 0 Å². The second kappa shape index (κ2) is 5.39. The third-order valence-corrected chi connectivity index (χ3v) is 2.54. The lowest BCUT2D eigenvalue weighted by Crippen LogP contribution is -2.20. The summed E-state index contributed by atoms with van der Waals surface area (Å²) in [4.78, 5) is 0. The average molecular weight is 331 g/mol. The molecule has 0 fully saturated rings. The fourth-order valence-corrected chi connectivity index (χ4v) is 1.47. The summed E-state index contributed by atoms with van der Waals surface area (Å²) in [6.07, 6.45) is 0. The Bertz CT molecular complexity index is 365. The molecule has 0 unspecified atom stereocenters. The number of ether oxygens (including phenoxy) is 1. The van der Waals surface area contributed by atoms with E-state index in [0.29, 0.717) is 0 Å². The molecule has 0 spiro atoms. The number of hydrogen-bond acceptors (Lipinski definition) is 2. The van der Waals surface area contributed by atoms with E-state index in [-0.39, 0.29) is 12.5 Å². The zero-order valence-electron chi connectivity index (χ0n) is 7.44. The lowest BCUT2D eigenvalue weighted by atomic mass is 10.2. The summed E-state index contributed by atoms with van der Waals surface area (Å²) in [5.41, 5.74) is 0.892. The molecule has 0 saturated carbocycles. The Balaban J connectivity index is 2.55. The van der Waals surface area contributed by atoms with Crippen molar-refractivity contribution < 1.29 is 4.74 Å². The van der Waals surface area contributed by atoms with Crippen LogP contribution in [0.25, 0.3) is 0 Å².